The average Bonchev–Trinajstić information content (AvgIpc) is 1.56. The fourth-order valence-corrected chi connectivity index (χ4v) is 25.5. The normalized spacial score (nSPS) is 16.1. The largest absolute Gasteiger partial charge is 0.500 e. The van der Waals surface area contributed by atoms with Gasteiger partial charge in [0.2, 0.25) is 0 Å². The third kappa shape index (κ3) is 22.9. The number of furan rings is 2. The molecule has 0 aliphatic heterocycles. The summed E-state index contributed by atoms with van der Waals surface area (Å²) in [7, 11) is -4.34. The van der Waals surface area contributed by atoms with Gasteiger partial charge in [-0.1, -0.05) is 258 Å². The van der Waals surface area contributed by atoms with E-state index in [9.17, 15) is 0 Å². The molecule has 0 amide bonds. The molecule has 0 unspecified atom stereocenters. The Morgan fingerprint density at radius 2 is 0.709 bits per heavy atom. The third-order valence-corrected chi connectivity index (χ3v) is 33.1. The van der Waals surface area contributed by atoms with Gasteiger partial charge in [-0.25, -0.2) is 0 Å². The van der Waals surface area contributed by atoms with E-state index in [-0.39, 0.29) is 60.3 Å². The van der Waals surface area contributed by atoms with Gasteiger partial charge in [-0.05, 0) is 196 Å². The first-order chi connectivity index (χ1) is 63.8. The quantitative estimate of drug-likeness (QED) is 0.0738. The maximum Gasteiger partial charge on any atom is 0.120 e. The van der Waals surface area contributed by atoms with E-state index in [2.05, 4.69) is 262 Å². The van der Waals surface area contributed by atoms with E-state index in [1.54, 1.807) is 29.3 Å². The topological polar surface area (TPSA) is 109 Å². The molecule has 9 aromatic heterocycles. The van der Waals surface area contributed by atoms with Crippen molar-refractivity contribution < 1.29 is 69.2 Å². The van der Waals surface area contributed by atoms with E-state index in [1.807, 2.05) is 164 Å². The molecule has 9 heterocycles. The van der Waals surface area contributed by atoms with E-state index < -0.39 is 24.2 Å². The molecule has 19 aromatic rings. The predicted molar refractivity (Wildman–Crippen MR) is 553 cm³/mol. The first-order valence-electron chi connectivity index (χ1n) is 47.1. The molecule has 5 saturated carbocycles. The van der Waals surface area contributed by atoms with Crippen molar-refractivity contribution >= 4 is 105 Å². The van der Waals surface area contributed by atoms with Crippen LogP contribution in [0.1, 0.15) is 87.8 Å². The second-order valence-electron chi connectivity index (χ2n) is 39.0. The minimum Gasteiger partial charge on any atom is -0.500 e. The maximum atomic E-state index is 6.04. The molecule has 0 saturated heterocycles. The van der Waals surface area contributed by atoms with E-state index in [0.29, 0.717) is 0 Å². The van der Waals surface area contributed by atoms with Crippen molar-refractivity contribution in [3.8, 4) is 73.2 Å². The number of hydrogen-bond donors (Lipinski definition) is 0. The summed E-state index contributed by atoms with van der Waals surface area (Å²) in [6.07, 6.45) is 29.8. The molecule has 5 aliphatic rings. The van der Waals surface area contributed by atoms with Gasteiger partial charge in [-0.15, -0.1) is 179 Å². The van der Waals surface area contributed by atoms with E-state index in [4.69, 9.17) is 23.8 Å². The van der Waals surface area contributed by atoms with E-state index in [1.165, 1.54) is 131 Å². The molecule has 5 aliphatic carbocycles. The van der Waals surface area contributed by atoms with Crippen molar-refractivity contribution in [3.63, 3.8) is 0 Å². The number of hydrogen-bond acceptors (Lipinski definition) is 8. The minimum absolute atomic E-state index is 0. The number of rotatable bonds is 15. The molecular formula is C119H115Ir3N7O2Si3-6. The van der Waals surface area contributed by atoms with Gasteiger partial charge in [0.15, 0.2) is 0 Å². The Balaban J connectivity index is 0.000000128. The van der Waals surface area contributed by atoms with Crippen molar-refractivity contribution in [2.75, 3.05) is 0 Å². The van der Waals surface area contributed by atoms with E-state index >= 15 is 0 Å². The van der Waals surface area contributed by atoms with Crippen LogP contribution in [0.5, 0.6) is 0 Å². The summed E-state index contributed by atoms with van der Waals surface area (Å²) < 4.78 is 14.3. The predicted octanol–water partition coefficient (Wildman–Crippen LogP) is 29.1. The Bertz CT molecular complexity index is 6760. The van der Waals surface area contributed by atoms with Crippen LogP contribution in [0.15, 0.2) is 331 Å². The Hall–Kier alpha value is -10.9. The zero-order chi connectivity index (χ0) is 90.0. The van der Waals surface area contributed by atoms with Crippen molar-refractivity contribution in [1.29, 1.82) is 0 Å². The van der Waals surface area contributed by atoms with Crippen LogP contribution in [0.4, 0.5) is 0 Å². The van der Waals surface area contributed by atoms with Crippen LogP contribution in [-0.2, 0) is 79.6 Å². The van der Waals surface area contributed by atoms with Gasteiger partial charge in [0.25, 0.3) is 0 Å². The van der Waals surface area contributed by atoms with Crippen molar-refractivity contribution in [2.45, 2.75) is 149 Å². The molecule has 5 fully saturated rings. The fraction of sp³-hybridized carbons (Fsp3) is 0.244. The number of pyridine rings is 6. The first-order valence-corrected chi connectivity index (χ1v) is 57.6. The van der Waals surface area contributed by atoms with Crippen LogP contribution in [0.2, 0.25) is 58.9 Å². The number of benzene rings is 10. The number of aromatic nitrogens is 7. The number of para-hydroxylation sites is 4. The Labute approximate surface area is 835 Å². The van der Waals surface area contributed by atoms with E-state index in [0.717, 1.165) is 148 Å². The number of aryl methyl sites for hydroxylation is 1. The van der Waals surface area contributed by atoms with Crippen molar-refractivity contribution in [3.05, 3.63) is 375 Å². The summed E-state index contributed by atoms with van der Waals surface area (Å²) >= 11 is 0. The Morgan fingerprint density at radius 3 is 1.13 bits per heavy atom. The standard InChI is InChI=1S/C31H34NOSi.C28H27N2Si.C27H30NOSi.3C11H8N.3Ir/c1-34(2,3)31-18-32-28(21-8-9-30-27(15-21)25-6-4-5-7-29(25)33-30)17-24(31)16-26-22-11-19-10-20(13-22)14-23(26)12-19;1-5-20-18-25(29-19-28(20)31(2,3)4)21-15-16-27-24(17-21)23-13-9-10-14-26(23)30(27)22-11-7-6-8-12-22;1-30(2,3)27-18-28-24(17-21(27)15-19-9-5-4-6-10-19)20-13-14-26-23(16-20)22-11-7-8-12-25(22)29-26;3*1-2-6-10(7-3-1)11-8-4-5-9-12-11;;;/h4-7,9,15,17-20,22-23,26H,10-14,16H2,1-3H3;6-14,16-19H,5H2,1-4H3;7-8,11-12,14,16-19H,4-6,9-10,15H2,1-3H3;3*1-6,8-9H;;;/q6*-1;;;. The molecule has 9 nitrogen and oxygen atoms in total. The van der Waals surface area contributed by atoms with Crippen molar-refractivity contribution in [1.82, 2.24) is 34.5 Å². The fourth-order valence-electron chi connectivity index (χ4n) is 20.7. The molecule has 134 heavy (non-hydrogen) atoms. The van der Waals surface area contributed by atoms with Crippen LogP contribution < -0.4 is 15.6 Å². The Morgan fingerprint density at radius 1 is 0.321 bits per heavy atom. The summed E-state index contributed by atoms with van der Waals surface area (Å²) in [5.41, 5.74) is 24.1. The van der Waals surface area contributed by atoms with Gasteiger partial charge in [-0.3, -0.25) is 0 Å². The molecule has 10 aromatic carbocycles. The molecule has 0 spiro atoms. The average molecular weight is 2340 g/mol. The molecule has 15 heteroatoms. The van der Waals surface area contributed by atoms with Gasteiger partial charge in [0, 0.05) is 119 Å². The van der Waals surface area contributed by atoms with Crippen LogP contribution >= 0.6 is 0 Å². The second-order valence-corrected chi connectivity index (χ2v) is 54.2. The SMILES string of the molecule is CCc1cc(-c2[c-]cc3c(c2)c2ccccc2n3-c2ccccc2)ncc1[Si](C)(C)C.C[Si](C)(C)c1cnc(-c2[c-]cc3oc4ccccc4c3c2)cc1CC1C2CC3CC(C2)CC1C3.C[Si](C)(C)c1cnc(-c2[c-]cc3oc4ccccc4c3c2)cc1CC1CCCCC1.[Ir].[Ir].[Ir].[c-]1ccccc1-c1ccccn1.[c-]1ccccc1-c1ccccn1.[c-]1ccccc1-c1ccccn1. The van der Waals surface area contributed by atoms with Gasteiger partial charge in [-0.2, -0.15) is 0 Å². The molecule has 0 N–H and O–H groups in total. The molecular weight excluding hydrogens is 2220 g/mol. The van der Waals surface area contributed by atoms with Gasteiger partial charge >= 0.3 is 0 Å². The van der Waals surface area contributed by atoms with Gasteiger partial charge < -0.3 is 43.3 Å². The molecule has 24 rings (SSSR count). The summed E-state index contributed by atoms with van der Waals surface area (Å²) in [6, 6.07) is 116. The Kier molecular flexibility index (Phi) is 32.3. The molecule has 4 bridgehead atoms. The summed E-state index contributed by atoms with van der Waals surface area (Å²) in [4.78, 5) is 27.4. The van der Waals surface area contributed by atoms with Crippen LogP contribution in [0.25, 0.3) is 139 Å². The summed E-state index contributed by atoms with van der Waals surface area (Å²) in [5.74, 6) is 5.70. The van der Waals surface area contributed by atoms with Gasteiger partial charge in [0.1, 0.15) is 11.2 Å². The van der Waals surface area contributed by atoms with Gasteiger partial charge in [0.05, 0.1) is 35.4 Å². The monoisotopic (exact) mass is 2340 g/mol. The third-order valence-electron chi connectivity index (χ3n) is 26.9. The zero-order valence-electron chi connectivity index (χ0n) is 78.2. The zero-order valence-corrected chi connectivity index (χ0v) is 88.4. The second kappa shape index (κ2) is 44.3. The van der Waals surface area contributed by atoms with Crippen LogP contribution in [-0.4, -0.2) is 58.7 Å². The maximum absolute atomic E-state index is 6.04. The molecule has 0 atom stereocenters. The summed E-state index contributed by atoms with van der Waals surface area (Å²) in [5, 5.41) is 11.6. The van der Waals surface area contributed by atoms with Crippen LogP contribution in [0, 0.1) is 71.9 Å². The minimum atomic E-state index is -1.48. The van der Waals surface area contributed by atoms with Crippen molar-refractivity contribution in [2.24, 2.45) is 35.5 Å². The number of fused-ring (bicyclic) bond motifs is 9. The number of nitrogens with zero attached hydrogens (tertiary/aromatic N) is 7. The summed E-state index contributed by atoms with van der Waals surface area (Å²) in [6.45, 7) is 24.1. The van der Waals surface area contributed by atoms with Crippen LogP contribution in [0.3, 0.4) is 0 Å². The first kappa shape index (κ1) is 97.6. The molecule has 683 valence electrons. The smallest absolute Gasteiger partial charge is 0.120 e. The molecule has 3 radical (unpaired) electrons.